The number of aromatic nitrogens is 3. The van der Waals surface area contributed by atoms with Crippen LogP contribution in [0.4, 0.5) is 0 Å². The SMILES string of the molecule is CCCCCN(Cc1nccc2c3ccccc3n(CC(=O)NC3CCNCC3)c12)[C@H]1CCCc2cccnc21. The van der Waals surface area contributed by atoms with Gasteiger partial charge in [-0.1, -0.05) is 44.0 Å². The number of benzene rings is 1. The molecule has 0 radical (unpaired) electrons. The number of pyridine rings is 2. The predicted octanol–water partition coefficient (Wildman–Crippen LogP) is 5.52. The molecule has 1 atom stereocenters. The molecule has 4 heterocycles. The Hall–Kier alpha value is -3.29. The maximum absolute atomic E-state index is 13.4. The number of carbonyl (C=O) groups is 1. The number of hydrogen-bond donors (Lipinski definition) is 2. The van der Waals surface area contributed by atoms with Crippen LogP contribution in [0.25, 0.3) is 21.8 Å². The summed E-state index contributed by atoms with van der Waals surface area (Å²) in [6.07, 6.45) is 12.8. The van der Waals surface area contributed by atoms with Gasteiger partial charge in [0.1, 0.15) is 6.54 Å². The highest BCUT2D eigenvalue weighted by Gasteiger charge is 2.28. The van der Waals surface area contributed by atoms with E-state index in [1.165, 1.54) is 41.3 Å². The fourth-order valence-corrected chi connectivity index (χ4v) is 6.78. The largest absolute Gasteiger partial charge is 0.352 e. The number of carbonyl (C=O) groups excluding carboxylic acids is 1. The van der Waals surface area contributed by atoms with Gasteiger partial charge in [-0.25, -0.2) is 0 Å². The van der Waals surface area contributed by atoms with E-state index >= 15 is 0 Å². The van der Waals surface area contributed by atoms with Crippen molar-refractivity contribution in [1.82, 2.24) is 30.1 Å². The van der Waals surface area contributed by atoms with Crippen LogP contribution in [0, 0.1) is 0 Å². The topological polar surface area (TPSA) is 75.1 Å². The average molecular weight is 539 g/mol. The molecule has 6 rings (SSSR count). The molecule has 1 aromatic carbocycles. The van der Waals surface area contributed by atoms with Gasteiger partial charge in [0.05, 0.1) is 22.9 Å². The number of nitrogens with zero attached hydrogens (tertiary/aromatic N) is 4. The maximum atomic E-state index is 13.4. The second-order valence-electron chi connectivity index (χ2n) is 11.5. The van der Waals surface area contributed by atoms with Crippen LogP contribution in [-0.2, 0) is 24.3 Å². The summed E-state index contributed by atoms with van der Waals surface area (Å²) in [4.78, 5) is 25.8. The summed E-state index contributed by atoms with van der Waals surface area (Å²) in [5.74, 6) is 0.0783. The highest BCUT2D eigenvalue weighted by Crippen LogP contribution is 2.36. The van der Waals surface area contributed by atoms with Gasteiger partial charge in [-0.3, -0.25) is 19.7 Å². The summed E-state index contributed by atoms with van der Waals surface area (Å²) < 4.78 is 2.21. The summed E-state index contributed by atoms with van der Waals surface area (Å²) in [5.41, 5.74) is 5.84. The number of nitrogens with one attached hydrogen (secondary N) is 2. The Morgan fingerprint density at radius 2 is 1.90 bits per heavy atom. The molecule has 1 saturated heterocycles. The Balaban J connectivity index is 1.37. The van der Waals surface area contributed by atoms with Gasteiger partial charge in [0.25, 0.3) is 0 Å². The van der Waals surface area contributed by atoms with Crippen LogP contribution in [-0.4, -0.2) is 51.0 Å². The third-order valence-electron chi connectivity index (χ3n) is 8.77. The molecule has 40 heavy (non-hydrogen) atoms. The molecule has 0 bridgehead atoms. The number of aryl methyl sites for hydroxylation is 1. The zero-order valence-electron chi connectivity index (χ0n) is 23.7. The van der Waals surface area contributed by atoms with E-state index in [9.17, 15) is 4.79 Å². The van der Waals surface area contributed by atoms with Crippen molar-refractivity contribution in [3.63, 3.8) is 0 Å². The molecule has 7 heteroatoms. The predicted molar refractivity (Wildman–Crippen MR) is 161 cm³/mol. The molecule has 1 fully saturated rings. The second kappa shape index (κ2) is 12.5. The minimum absolute atomic E-state index is 0.0783. The third-order valence-corrected chi connectivity index (χ3v) is 8.77. The fraction of sp³-hybridized carbons (Fsp3) is 0.485. The lowest BCUT2D eigenvalue weighted by atomic mass is 9.90. The molecular formula is C33H42N6O. The highest BCUT2D eigenvalue weighted by atomic mass is 16.2. The normalized spacial score (nSPS) is 17.9. The lowest BCUT2D eigenvalue weighted by molar-refractivity contribution is -0.122. The summed E-state index contributed by atoms with van der Waals surface area (Å²) in [6, 6.07) is 15.4. The van der Waals surface area contributed by atoms with Crippen LogP contribution in [0.3, 0.4) is 0 Å². The number of amides is 1. The Morgan fingerprint density at radius 1 is 1.02 bits per heavy atom. The van der Waals surface area contributed by atoms with Crippen LogP contribution in [0.2, 0.25) is 0 Å². The van der Waals surface area contributed by atoms with E-state index in [4.69, 9.17) is 9.97 Å². The van der Waals surface area contributed by atoms with Gasteiger partial charge in [0, 0.05) is 41.3 Å². The van der Waals surface area contributed by atoms with Crippen LogP contribution in [0.15, 0.2) is 54.9 Å². The summed E-state index contributed by atoms with van der Waals surface area (Å²) in [5, 5.41) is 9.04. The molecule has 1 aliphatic carbocycles. The van der Waals surface area contributed by atoms with Crippen LogP contribution < -0.4 is 10.6 Å². The van der Waals surface area contributed by atoms with Gasteiger partial charge in [0.15, 0.2) is 0 Å². The molecule has 7 nitrogen and oxygen atoms in total. The minimum Gasteiger partial charge on any atom is -0.352 e. The summed E-state index contributed by atoms with van der Waals surface area (Å²) in [7, 11) is 0. The maximum Gasteiger partial charge on any atom is 0.240 e. The molecule has 210 valence electrons. The molecule has 4 aromatic rings. The van der Waals surface area contributed by atoms with Gasteiger partial charge < -0.3 is 15.2 Å². The second-order valence-corrected chi connectivity index (χ2v) is 11.5. The van der Waals surface area contributed by atoms with E-state index in [0.717, 1.165) is 75.0 Å². The first kappa shape index (κ1) is 26.9. The van der Waals surface area contributed by atoms with Crippen LogP contribution in [0.5, 0.6) is 0 Å². The number of unbranched alkanes of at least 4 members (excludes halogenated alkanes) is 2. The van der Waals surface area contributed by atoms with Crippen molar-refractivity contribution in [3.8, 4) is 0 Å². The Morgan fingerprint density at radius 3 is 2.77 bits per heavy atom. The van der Waals surface area contributed by atoms with Gasteiger partial charge in [-0.05, 0) is 81.9 Å². The van der Waals surface area contributed by atoms with Gasteiger partial charge in [-0.15, -0.1) is 0 Å². The van der Waals surface area contributed by atoms with Crippen LogP contribution in [0.1, 0.15) is 74.9 Å². The molecule has 2 aliphatic rings. The molecule has 1 amide bonds. The number of hydrogen-bond acceptors (Lipinski definition) is 5. The summed E-state index contributed by atoms with van der Waals surface area (Å²) >= 11 is 0. The van der Waals surface area contributed by atoms with Crippen molar-refractivity contribution < 1.29 is 4.79 Å². The van der Waals surface area contributed by atoms with Gasteiger partial charge in [0.2, 0.25) is 5.91 Å². The lowest BCUT2D eigenvalue weighted by Crippen LogP contribution is -2.43. The zero-order valence-corrected chi connectivity index (χ0v) is 23.7. The monoisotopic (exact) mass is 538 g/mol. The zero-order chi connectivity index (χ0) is 27.3. The Labute approximate surface area is 237 Å². The van der Waals surface area contributed by atoms with Gasteiger partial charge in [-0.2, -0.15) is 0 Å². The first-order valence-electron chi connectivity index (χ1n) is 15.3. The smallest absolute Gasteiger partial charge is 0.240 e. The number of fused-ring (bicyclic) bond motifs is 4. The quantitative estimate of drug-likeness (QED) is 0.260. The van der Waals surface area contributed by atoms with E-state index in [2.05, 4.69) is 69.5 Å². The molecule has 0 unspecified atom stereocenters. The number of piperidine rings is 1. The molecule has 0 saturated carbocycles. The summed E-state index contributed by atoms with van der Waals surface area (Å²) in [6.45, 7) is 6.24. The lowest BCUT2D eigenvalue weighted by Gasteiger charge is -2.35. The highest BCUT2D eigenvalue weighted by molar-refractivity contribution is 6.09. The van der Waals surface area contributed by atoms with E-state index in [-0.39, 0.29) is 11.9 Å². The van der Waals surface area contributed by atoms with E-state index in [1.807, 2.05) is 12.4 Å². The number of rotatable bonds is 10. The van der Waals surface area contributed by atoms with E-state index in [0.29, 0.717) is 12.6 Å². The van der Waals surface area contributed by atoms with Crippen molar-refractivity contribution in [1.29, 1.82) is 0 Å². The van der Waals surface area contributed by atoms with Crippen molar-refractivity contribution in [2.75, 3.05) is 19.6 Å². The molecule has 0 spiro atoms. The number of para-hydroxylation sites is 1. The van der Waals surface area contributed by atoms with Crippen molar-refractivity contribution >= 4 is 27.7 Å². The van der Waals surface area contributed by atoms with Crippen LogP contribution >= 0.6 is 0 Å². The Bertz CT molecular complexity index is 1460. The fourth-order valence-electron chi connectivity index (χ4n) is 6.78. The average Bonchev–Trinajstić information content (AvgIpc) is 3.31. The first-order valence-corrected chi connectivity index (χ1v) is 15.3. The van der Waals surface area contributed by atoms with Crippen molar-refractivity contribution in [2.24, 2.45) is 0 Å². The van der Waals surface area contributed by atoms with Crippen molar-refractivity contribution in [3.05, 3.63) is 71.8 Å². The molecule has 2 N–H and O–H groups in total. The minimum atomic E-state index is 0.0783. The standard InChI is InChI=1S/C33H42N6O/c1-2-3-6-21-38(30-13-7-9-24-10-8-17-36-32(24)30)22-28-33-27(16-20-35-28)26-11-4-5-12-29(26)39(33)23-31(40)37-25-14-18-34-19-15-25/h4-5,8,10-12,16-17,20,25,30,34H,2-3,6-7,9,13-15,18-19,21-23H2,1H3,(H,37,40)/t30-/m0/s1. The Kier molecular flexibility index (Phi) is 8.40. The third kappa shape index (κ3) is 5.63. The molecule has 3 aromatic heterocycles. The van der Waals surface area contributed by atoms with E-state index < -0.39 is 0 Å². The van der Waals surface area contributed by atoms with E-state index in [1.54, 1.807) is 0 Å². The first-order chi connectivity index (χ1) is 19.7. The van der Waals surface area contributed by atoms with Gasteiger partial charge >= 0.3 is 0 Å². The molecule has 1 aliphatic heterocycles. The molecular weight excluding hydrogens is 496 g/mol. The van der Waals surface area contributed by atoms with Crippen molar-refractivity contribution in [2.45, 2.75) is 83.5 Å².